The van der Waals surface area contributed by atoms with Crippen molar-refractivity contribution < 1.29 is 4.79 Å². The lowest BCUT2D eigenvalue weighted by Crippen LogP contribution is -2.46. The van der Waals surface area contributed by atoms with E-state index in [2.05, 4.69) is 42.3 Å². The van der Waals surface area contributed by atoms with Crippen molar-refractivity contribution in [2.75, 3.05) is 46.3 Å². The maximum Gasteiger partial charge on any atom is 0.226 e. The molecule has 0 unspecified atom stereocenters. The van der Waals surface area contributed by atoms with Crippen LogP contribution in [0.4, 0.5) is 0 Å². The second-order valence-corrected chi connectivity index (χ2v) is 6.01. The predicted molar refractivity (Wildman–Crippen MR) is 86.6 cm³/mol. The smallest absolute Gasteiger partial charge is 0.226 e. The van der Waals surface area contributed by atoms with E-state index in [1.165, 1.54) is 11.1 Å². The van der Waals surface area contributed by atoms with Gasteiger partial charge in [-0.3, -0.25) is 9.69 Å². The molecule has 1 aromatic rings. The van der Waals surface area contributed by atoms with Crippen LogP contribution in [-0.4, -0.2) is 62.0 Å². The van der Waals surface area contributed by atoms with Gasteiger partial charge in [0.2, 0.25) is 5.91 Å². The van der Waals surface area contributed by atoms with Crippen LogP contribution in [0.25, 0.3) is 0 Å². The van der Waals surface area contributed by atoms with E-state index in [1.54, 1.807) is 0 Å². The molecule has 1 heterocycles. The van der Waals surface area contributed by atoms with Crippen molar-refractivity contribution in [1.82, 2.24) is 15.1 Å². The van der Waals surface area contributed by atoms with Gasteiger partial charge in [0.05, 0.1) is 6.42 Å². The molecule has 1 saturated heterocycles. The number of hydrogen-bond donors (Lipinski definition) is 1. The average molecular weight is 289 g/mol. The van der Waals surface area contributed by atoms with Crippen molar-refractivity contribution in [3.8, 4) is 0 Å². The summed E-state index contributed by atoms with van der Waals surface area (Å²) < 4.78 is 0. The molecule has 1 aromatic carbocycles. The standard InChI is InChI=1S/C17H27N3O/c1-14-4-5-15(2)16(12-14)13-17(21)19(3)10-11-20-8-6-18-7-9-20/h4-5,12,18H,6-11,13H2,1-3H3. The molecule has 21 heavy (non-hydrogen) atoms. The van der Waals surface area contributed by atoms with Gasteiger partial charge in [0.25, 0.3) is 0 Å². The molecule has 4 nitrogen and oxygen atoms in total. The second-order valence-electron chi connectivity index (χ2n) is 6.01. The van der Waals surface area contributed by atoms with E-state index < -0.39 is 0 Å². The third kappa shape index (κ3) is 4.83. The summed E-state index contributed by atoms with van der Waals surface area (Å²) in [4.78, 5) is 16.6. The van der Waals surface area contributed by atoms with E-state index in [-0.39, 0.29) is 5.91 Å². The minimum atomic E-state index is 0.207. The number of piperazine rings is 1. The Bertz CT molecular complexity index is 481. The molecule has 0 aliphatic carbocycles. The lowest BCUT2D eigenvalue weighted by molar-refractivity contribution is -0.129. The Kier molecular flexibility index (Phi) is 5.76. The maximum atomic E-state index is 12.3. The Morgan fingerprint density at radius 1 is 1.29 bits per heavy atom. The quantitative estimate of drug-likeness (QED) is 0.885. The summed E-state index contributed by atoms with van der Waals surface area (Å²) in [5.74, 6) is 0.207. The summed E-state index contributed by atoms with van der Waals surface area (Å²) >= 11 is 0. The molecule has 0 spiro atoms. The first-order valence-corrected chi connectivity index (χ1v) is 7.79. The molecule has 1 aliphatic rings. The lowest BCUT2D eigenvalue weighted by atomic mass is 10.0. The zero-order valence-electron chi connectivity index (χ0n) is 13.5. The molecular weight excluding hydrogens is 262 g/mol. The van der Waals surface area contributed by atoms with Gasteiger partial charge in [-0.1, -0.05) is 23.8 Å². The summed E-state index contributed by atoms with van der Waals surface area (Å²) in [6, 6.07) is 6.31. The topological polar surface area (TPSA) is 35.6 Å². The normalized spacial score (nSPS) is 16.0. The van der Waals surface area contributed by atoms with Gasteiger partial charge in [0.15, 0.2) is 0 Å². The summed E-state index contributed by atoms with van der Waals surface area (Å²) in [5.41, 5.74) is 3.56. The highest BCUT2D eigenvalue weighted by molar-refractivity contribution is 5.78. The van der Waals surface area contributed by atoms with Gasteiger partial charge in [0.1, 0.15) is 0 Å². The molecule has 116 valence electrons. The maximum absolute atomic E-state index is 12.3. The number of rotatable bonds is 5. The second kappa shape index (κ2) is 7.57. The van der Waals surface area contributed by atoms with Crippen molar-refractivity contribution in [3.63, 3.8) is 0 Å². The number of carbonyl (C=O) groups excluding carboxylic acids is 1. The fourth-order valence-electron chi connectivity index (χ4n) is 2.64. The Labute approximate surface area is 128 Å². The zero-order valence-corrected chi connectivity index (χ0v) is 13.5. The SMILES string of the molecule is Cc1ccc(C)c(CC(=O)N(C)CCN2CCNCC2)c1. The molecule has 2 rings (SSSR count). The molecule has 1 N–H and O–H groups in total. The number of nitrogens with one attached hydrogen (secondary N) is 1. The van der Waals surface area contributed by atoms with E-state index in [1.807, 2.05) is 11.9 Å². The van der Waals surface area contributed by atoms with Gasteiger partial charge in [-0.15, -0.1) is 0 Å². The minimum Gasteiger partial charge on any atom is -0.344 e. The highest BCUT2D eigenvalue weighted by Crippen LogP contribution is 2.12. The van der Waals surface area contributed by atoms with Crippen LogP contribution < -0.4 is 5.32 Å². The summed E-state index contributed by atoms with van der Waals surface area (Å²) in [7, 11) is 1.91. The monoisotopic (exact) mass is 289 g/mol. The number of amides is 1. The Morgan fingerprint density at radius 2 is 2.00 bits per heavy atom. The van der Waals surface area contributed by atoms with Crippen LogP contribution in [0.15, 0.2) is 18.2 Å². The molecule has 1 amide bonds. The number of hydrogen-bond acceptors (Lipinski definition) is 3. The van der Waals surface area contributed by atoms with E-state index >= 15 is 0 Å². The van der Waals surface area contributed by atoms with Crippen LogP contribution in [0.1, 0.15) is 16.7 Å². The molecule has 0 aromatic heterocycles. The molecule has 1 aliphatic heterocycles. The zero-order chi connectivity index (χ0) is 15.2. The number of benzene rings is 1. The summed E-state index contributed by atoms with van der Waals surface area (Å²) in [6.07, 6.45) is 0.506. The number of carbonyl (C=O) groups is 1. The molecule has 0 radical (unpaired) electrons. The average Bonchev–Trinajstić information content (AvgIpc) is 2.49. The summed E-state index contributed by atoms with van der Waals surface area (Å²) in [6.45, 7) is 10.2. The first kappa shape index (κ1) is 16.0. The molecule has 0 bridgehead atoms. The first-order chi connectivity index (χ1) is 10.1. The highest BCUT2D eigenvalue weighted by Gasteiger charge is 2.14. The van der Waals surface area contributed by atoms with E-state index in [4.69, 9.17) is 0 Å². The van der Waals surface area contributed by atoms with Crippen LogP contribution in [0.2, 0.25) is 0 Å². The van der Waals surface area contributed by atoms with Crippen LogP contribution in [0, 0.1) is 13.8 Å². The van der Waals surface area contributed by atoms with Crippen LogP contribution in [0.3, 0.4) is 0 Å². The molecular formula is C17H27N3O. The number of likely N-dealkylation sites (N-methyl/N-ethyl adjacent to an activating group) is 1. The summed E-state index contributed by atoms with van der Waals surface area (Å²) in [5, 5.41) is 3.35. The van der Waals surface area contributed by atoms with E-state index in [0.717, 1.165) is 44.8 Å². The van der Waals surface area contributed by atoms with Gasteiger partial charge in [0, 0.05) is 46.3 Å². The molecule has 4 heteroatoms. The molecule has 0 saturated carbocycles. The third-order valence-electron chi connectivity index (χ3n) is 4.23. The Balaban J connectivity index is 1.82. The Hall–Kier alpha value is -1.39. The van der Waals surface area contributed by atoms with E-state index in [0.29, 0.717) is 6.42 Å². The predicted octanol–water partition coefficient (Wildman–Crippen LogP) is 1.21. The van der Waals surface area contributed by atoms with Crippen LogP contribution in [-0.2, 0) is 11.2 Å². The number of nitrogens with zero attached hydrogens (tertiary/aromatic N) is 2. The van der Waals surface area contributed by atoms with Crippen molar-refractivity contribution in [2.45, 2.75) is 20.3 Å². The van der Waals surface area contributed by atoms with Crippen LogP contribution in [0.5, 0.6) is 0 Å². The fraction of sp³-hybridized carbons (Fsp3) is 0.588. The minimum absolute atomic E-state index is 0.207. The van der Waals surface area contributed by atoms with Crippen molar-refractivity contribution >= 4 is 5.91 Å². The molecule has 1 fully saturated rings. The molecule has 0 atom stereocenters. The fourth-order valence-corrected chi connectivity index (χ4v) is 2.64. The van der Waals surface area contributed by atoms with Crippen molar-refractivity contribution in [3.05, 3.63) is 34.9 Å². The highest BCUT2D eigenvalue weighted by atomic mass is 16.2. The van der Waals surface area contributed by atoms with Crippen molar-refractivity contribution in [2.24, 2.45) is 0 Å². The van der Waals surface area contributed by atoms with Gasteiger partial charge in [-0.25, -0.2) is 0 Å². The van der Waals surface area contributed by atoms with E-state index in [9.17, 15) is 4.79 Å². The van der Waals surface area contributed by atoms with Gasteiger partial charge in [-0.05, 0) is 25.0 Å². The largest absolute Gasteiger partial charge is 0.344 e. The van der Waals surface area contributed by atoms with Crippen LogP contribution >= 0.6 is 0 Å². The van der Waals surface area contributed by atoms with Gasteiger partial charge < -0.3 is 10.2 Å². The van der Waals surface area contributed by atoms with Gasteiger partial charge >= 0.3 is 0 Å². The Morgan fingerprint density at radius 3 is 2.71 bits per heavy atom. The number of aryl methyl sites for hydroxylation is 2. The third-order valence-corrected chi connectivity index (χ3v) is 4.23. The lowest BCUT2D eigenvalue weighted by Gasteiger charge is -2.29. The van der Waals surface area contributed by atoms with Gasteiger partial charge in [-0.2, -0.15) is 0 Å². The van der Waals surface area contributed by atoms with Crippen molar-refractivity contribution in [1.29, 1.82) is 0 Å². The first-order valence-electron chi connectivity index (χ1n) is 7.79.